The summed E-state index contributed by atoms with van der Waals surface area (Å²) in [4.78, 5) is 14.3. The van der Waals surface area contributed by atoms with Gasteiger partial charge in [0.15, 0.2) is 0 Å². The van der Waals surface area contributed by atoms with E-state index in [1.54, 1.807) is 0 Å². The maximum Gasteiger partial charge on any atom is 0.308 e. The van der Waals surface area contributed by atoms with Crippen molar-refractivity contribution in [2.24, 2.45) is 0 Å². The zero-order valence-electron chi connectivity index (χ0n) is 13.0. The van der Waals surface area contributed by atoms with Crippen LogP contribution in [-0.4, -0.2) is 31.6 Å². The largest absolute Gasteiger partial charge is 0.466 e. The topological polar surface area (TPSA) is 29.5 Å². The lowest BCUT2D eigenvalue weighted by Crippen LogP contribution is -2.46. The molecule has 2 rings (SSSR count). The van der Waals surface area contributed by atoms with Crippen molar-refractivity contribution < 1.29 is 9.53 Å². The number of nitrogens with zero attached hydrogens (tertiary/aromatic N) is 1. The summed E-state index contributed by atoms with van der Waals surface area (Å²) in [6, 6.07) is 8.53. The van der Waals surface area contributed by atoms with Gasteiger partial charge in [-0.1, -0.05) is 31.2 Å². The van der Waals surface area contributed by atoms with Crippen LogP contribution in [0.15, 0.2) is 24.3 Å². The monoisotopic (exact) mass is 275 g/mol. The van der Waals surface area contributed by atoms with Crippen LogP contribution in [-0.2, 0) is 15.1 Å². The molecule has 1 aliphatic rings. The minimum Gasteiger partial charge on any atom is -0.466 e. The number of hydrogen-bond donors (Lipinski definition) is 0. The minimum absolute atomic E-state index is 0.106. The van der Waals surface area contributed by atoms with Gasteiger partial charge in [0.25, 0.3) is 0 Å². The molecule has 0 saturated carbocycles. The van der Waals surface area contributed by atoms with E-state index < -0.39 is 0 Å². The second-order valence-electron chi connectivity index (χ2n) is 5.93. The van der Waals surface area contributed by atoms with Crippen molar-refractivity contribution in [3.63, 3.8) is 0 Å². The van der Waals surface area contributed by atoms with Gasteiger partial charge in [-0.25, -0.2) is 0 Å². The summed E-state index contributed by atoms with van der Waals surface area (Å²) in [7, 11) is 4.12. The molecular formula is C17H25NO2. The molecule has 20 heavy (non-hydrogen) atoms. The van der Waals surface area contributed by atoms with Gasteiger partial charge in [-0.3, -0.25) is 9.69 Å². The summed E-state index contributed by atoms with van der Waals surface area (Å²) in [6.45, 7) is 4.57. The SMILES string of the molecule is CCOC(=O)CC1(N(C)C)CCC(C)c2ccccc21. The number of carbonyl (C=O) groups is 1. The number of esters is 1. The maximum atomic E-state index is 12.1. The summed E-state index contributed by atoms with van der Waals surface area (Å²) in [5, 5.41) is 0. The lowest BCUT2D eigenvalue weighted by atomic mass is 9.70. The number of carbonyl (C=O) groups excluding carboxylic acids is 1. The molecule has 2 atom stereocenters. The summed E-state index contributed by atoms with van der Waals surface area (Å²) in [6.07, 6.45) is 2.53. The van der Waals surface area contributed by atoms with E-state index in [-0.39, 0.29) is 11.5 Å². The molecule has 0 N–H and O–H groups in total. The van der Waals surface area contributed by atoms with Crippen LogP contribution in [0.5, 0.6) is 0 Å². The van der Waals surface area contributed by atoms with Gasteiger partial charge >= 0.3 is 5.97 Å². The van der Waals surface area contributed by atoms with E-state index in [4.69, 9.17) is 4.74 Å². The second kappa shape index (κ2) is 5.96. The Balaban J connectivity index is 2.43. The predicted molar refractivity (Wildman–Crippen MR) is 80.7 cm³/mol. The fourth-order valence-corrected chi connectivity index (χ4v) is 3.35. The molecule has 0 saturated heterocycles. The highest BCUT2D eigenvalue weighted by Crippen LogP contribution is 2.46. The smallest absolute Gasteiger partial charge is 0.308 e. The van der Waals surface area contributed by atoms with Crippen LogP contribution in [0.2, 0.25) is 0 Å². The third kappa shape index (κ3) is 2.59. The number of benzene rings is 1. The average Bonchev–Trinajstić information content (AvgIpc) is 2.42. The van der Waals surface area contributed by atoms with Crippen molar-refractivity contribution in [3.05, 3.63) is 35.4 Å². The van der Waals surface area contributed by atoms with Gasteiger partial charge in [0, 0.05) is 0 Å². The Hall–Kier alpha value is -1.35. The Labute approximate surface area is 121 Å². The normalized spacial score (nSPS) is 25.4. The Morgan fingerprint density at radius 1 is 1.40 bits per heavy atom. The van der Waals surface area contributed by atoms with E-state index in [1.807, 2.05) is 6.92 Å². The van der Waals surface area contributed by atoms with Crippen molar-refractivity contribution in [1.82, 2.24) is 4.90 Å². The summed E-state index contributed by atoms with van der Waals surface area (Å²) in [5.41, 5.74) is 2.43. The number of hydrogen-bond acceptors (Lipinski definition) is 3. The van der Waals surface area contributed by atoms with Crippen LogP contribution >= 0.6 is 0 Å². The van der Waals surface area contributed by atoms with Gasteiger partial charge in [-0.2, -0.15) is 0 Å². The van der Waals surface area contributed by atoms with Crippen molar-refractivity contribution in [3.8, 4) is 0 Å². The molecule has 0 amide bonds. The summed E-state index contributed by atoms with van der Waals surface area (Å²) < 4.78 is 5.20. The van der Waals surface area contributed by atoms with Crippen molar-refractivity contribution in [2.45, 2.75) is 44.6 Å². The molecule has 1 aliphatic carbocycles. The molecule has 0 bridgehead atoms. The van der Waals surface area contributed by atoms with Crippen molar-refractivity contribution >= 4 is 5.97 Å². The van der Waals surface area contributed by atoms with Crippen LogP contribution in [0.1, 0.15) is 50.2 Å². The lowest BCUT2D eigenvalue weighted by molar-refractivity contribution is -0.146. The number of ether oxygens (including phenoxy) is 1. The third-order valence-electron chi connectivity index (χ3n) is 4.58. The Bertz CT molecular complexity index is 484. The number of fused-ring (bicyclic) bond motifs is 1. The zero-order chi connectivity index (χ0) is 14.8. The van der Waals surface area contributed by atoms with Crippen molar-refractivity contribution in [2.75, 3.05) is 20.7 Å². The van der Waals surface area contributed by atoms with Crippen LogP contribution < -0.4 is 0 Å². The van der Waals surface area contributed by atoms with E-state index in [0.717, 1.165) is 12.8 Å². The first-order valence-electron chi connectivity index (χ1n) is 7.43. The van der Waals surface area contributed by atoms with E-state index in [0.29, 0.717) is 18.9 Å². The molecule has 0 fully saturated rings. The quantitative estimate of drug-likeness (QED) is 0.790. The average molecular weight is 275 g/mol. The second-order valence-corrected chi connectivity index (χ2v) is 5.93. The zero-order valence-corrected chi connectivity index (χ0v) is 13.0. The van der Waals surface area contributed by atoms with Crippen LogP contribution in [0.3, 0.4) is 0 Å². The molecule has 0 aromatic heterocycles. The highest BCUT2D eigenvalue weighted by molar-refractivity contribution is 5.71. The Kier molecular flexibility index (Phi) is 4.48. The molecule has 0 aliphatic heterocycles. The van der Waals surface area contributed by atoms with E-state index in [2.05, 4.69) is 50.2 Å². The van der Waals surface area contributed by atoms with Gasteiger partial charge in [-0.05, 0) is 50.9 Å². The van der Waals surface area contributed by atoms with E-state index >= 15 is 0 Å². The van der Waals surface area contributed by atoms with Gasteiger partial charge in [0.1, 0.15) is 0 Å². The first-order valence-corrected chi connectivity index (χ1v) is 7.43. The molecule has 1 aromatic rings. The maximum absolute atomic E-state index is 12.1. The standard InChI is InChI=1S/C17H25NO2/c1-5-20-16(19)12-17(18(3)4)11-10-13(2)14-8-6-7-9-15(14)17/h6-9,13H,5,10-12H2,1-4H3. The van der Waals surface area contributed by atoms with Gasteiger partial charge in [0.2, 0.25) is 0 Å². The fraction of sp³-hybridized carbons (Fsp3) is 0.588. The molecule has 0 spiro atoms. The Morgan fingerprint density at radius 2 is 2.10 bits per heavy atom. The van der Waals surface area contributed by atoms with Gasteiger partial charge in [0.05, 0.1) is 18.6 Å². The predicted octanol–water partition coefficient (Wildman–Crippen LogP) is 3.29. The first kappa shape index (κ1) is 15.0. The van der Waals surface area contributed by atoms with Crippen LogP contribution in [0.4, 0.5) is 0 Å². The molecule has 0 heterocycles. The fourth-order valence-electron chi connectivity index (χ4n) is 3.35. The van der Waals surface area contributed by atoms with E-state index in [9.17, 15) is 4.79 Å². The van der Waals surface area contributed by atoms with Crippen molar-refractivity contribution in [1.29, 1.82) is 0 Å². The lowest BCUT2D eigenvalue weighted by Gasteiger charge is -2.45. The molecule has 3 heteroatoms. The van der Waals surface area contributed by atoms with Crippen LogP contribution in [0, 0.1) is 0 Å². The van der Waals surface area contributed by atoms with Gasteiger partial charge < -0.3 is 4.74 Å². The minimum atomic E-state index is -0.227. The molecule has 2 unspecified atom stereocenters. The van der Waals surface area contributed by atoms with Crippen LogP contribution in [0.25, 0.3) is 0 Å². The molecule has 0 radical (unpaired) electrons. The molecule has 110 valence electrons. The highest BCUT2D eigenvalue weighted by Gasteiger charge is 2.42. The third-order valence-corrected chi connectivity index (χ3v) is 4.58. The molecule has 3 nitrogen and oxygen atoms in total. The van der Waals surface area contributed by atoms with Gasteiger partial charge in [-0.15, -0.1) is 0 Å². The van der Waals surface area contributed by atoms with E-state index in [1.165, 1.54) is 11.1 Å². The number of rotatable bonds is 4. The summed E-state index contributed by atoms with van der Waals surface area (Å²) >= 11 is 0. The molecular weight excluding hydrogens is 250 g/mol. The molecule has 1 aromatic carbocycles. The first-order chi connectivity index (χ1) is 9.51. The highest BCUT2D eigenvalue weighted by atomic mass is 16.5. The Morgan fingerprint density at radius 3 is 2.75 bits per heavy atom. The summed E-state index contributed by atoms with van der Waals surface area (Å²) in [5.74, 6) is 0.451.